The fourth-order valence-corrected chi connectivity index (χ4v) is 6.30. The van der Waals surface area contributed by atoms with Gasteiger partial charge in [0.15, 0.2) is 11.0 Å². The molecule has 0 saturated carbocycles. The molecule has 2 aromatic carbocycles. The number of hydrogen-bond donors (Lipinski definition) is 0. The van der Waals surface area contributed by atoms with Crippen LogP contribution in [0, 0.1) is 13.8 Å². The van der Waals surface area contributed by atoms with Gasteiger partial charge in [0.05, 0.1) is 10.5 Å². The molecule has 0 bridgehead atoms. The highest BCUT2D eigenvalue weighted by molar-refractivity contribution is 7.99. The number of pyridine rings is 1. The molecule has 39 heavy (non-hydrogen) atoms. The Kier molecular flexibility index (Phi) is 7.42. The van der Waals surface area contributed by atoms with Crippen LogP contribution in [0.15, 0.2) is 58.2 Å². The normalized spacial score (nSPS) is 14.1. The summed E-state index contributed by atoms with van der Waals surface area (Å²) in [6.45, 7) is 7.14. The molecule has 0 atom stereocenters. The third-order valence-electron chi connectivity index (χ3n) is 7.40. The minimum absolute atomic E-state index is 0.649. The van der Waals surface area contributed by atoms with Crippen molar-refractivity contribution in [2.45, 2.75) is 38.3 Å². The predicted molar refractivity (Wildman–Crippen MR) is 157 cm³/mol. The van der Waals surface area contributed by atoms with Crippen molar-refractivity contribution in [2.75, 3.05) is 25.4 Å². The Hall–Kier alpha value is -3.20. The third kappa shape index (κ3) is 5.46. The van der Waals surface area contributed by atoms with Crippen molar-refractivity contribution in [2.24, 2.45) is 7.05 Å². The first-order valence-electron chi connectivity index (χ1n) is 13.3. The number of thioether (sulfide) groups is 1. The number of aryl methyl sites for hydroxylation is 2. The monoisotopic (exact) mass is 558 g/mol. The third-order valence-corrected chi connectivity index (χ3v) is 8.81. The summed E-state index contributed by atoms with van der Waals surface area (Å²) in [4.78, 5) is 7.22. The van der Waals surface area contributed by atoms with Crippen molar-refractivity contribution in [3.63, 3.8) is 0 Å². The van der Waals surface area contributed by atoms with Gasteiger partial charge in [-0.05, 0) is 75.0 Å². The van der Waals surface area contributed by atoms with E-state index in [0.717, 1.165) is 94.8 Å². The number of nitrogens with zero attached hydrogens (tertiary/aromatic N) is 6. The fourth-order valence-electron chi connectivity index (χ4n) is 5.26. The molecule has 0 radical (unpaired) electrons. The molecular weight excluding hydrogens is 528 g/mol. The van der Waals surface area contributed by atoms with Crippen molar-refractivity contribution in [1.82, 2.24) is 29.8 Å². The smallest absolute Gasteiger partial charge is 0.191 e. The van der Waals surface area contributed by atoms with Gasteiger partial charge in [0, 0.05) is 54.2 Å². The molecule has 0 aliphatic carbocycles. The lowest BCUT2D eigenvalue weighted by atomic mass is 9.99. The van der Waals surface area contributed by atoms with Gasteiger partial charge in [0.1, 0.15) is 11.5 Å². The number of rotatable bonds is 7. The van der Waals surface area contributed by atoms with Crippen molar-refractivity contribution in [1.29, 1.82) is 0 Å². The molecule has 1 aliphatic rings. The second-order valence-electron chi connectivity index (χ2n) is 10.2. The van der Waals surface area contributed by atoms with Gasteiger partial charge in [-0.2, -0.15) is 0 Å². The molecule has 0 spiro atoms. The van der Waals surface area contributed by atoms with Crippen molar-refractivity contribution < 1.29 is 4.52 Å². The molecule has 7 nitrogen and oxygen atoms in total. The predicted octanol–water partition coefficient (Wildman–Crippen LogP) is 6.54. The van der Waals surface area contributed by atoms with Crippen LogP contribution in [0.5, 0.6) is 0 Å². The van der Waals surface area contributed by atoms with Gasteiger partial charge in [-0.15, -0.1) is 10.2 Å². The van der Waals surface area contributed by atoms with E-state index < -0.39 is 0 Å². The van der Waals surface area contributed by atoms with E-state index in [0.29, 0.717) is 5.02 Å². The lowest BCUT2D eigenvalue weighted by Crippen LogP contribution is -2.27. The fraction of sp³-hybridized carbons (Fsp3) is 0.333. The van der Waals surface area contributed by atoms with Crippen LogP contribution in [0.4, 0.5) is 0 Å². The van der Waals surface area contributed by atoms with Gasteiger partial charge in [0.25, 0.3) is 0 Å². The summed E-state index contributed by atoms with van der Waals surface area (Å²) in [6, 6.07) is 16.7. The van der Waals surface area contributed by atoms with Gasteiger partial charge >= 0.3 is 0 Å². The molecule has 3 aromatic heterocycles. The zero-order valence-corrected chi connectivity index (χ0v) is 24.0. The lowest BCUT2D eigenvalue weighted by molar-refractivity contribution is 0.289. The maximum Gasteiger partial charge on any atom is 0.191 e. The maximum atomic E-state index is 6.43. The summed E-state index contributed by atoms with van der Waals surface area (Å²) < 4.78 is 7.34. The minimum Gasteiger partial charge on any atom is -0.361 e. The van der Waals surface area contributed by atoms with E-state index in [1.165, 1.54) is 11.1 Å². The van der Waals surface area contributed by atoms with Gasteiger partial charge < -0.3 is 14.0 Å². The standard InChI is InChI=1S/C30H31ClN6OS/c1-19-5-8-24-25(9-10-26(31)28(24)32-19)29-33-34-30(36(29)3)39-16-4-13-37-14-11-21-6-7-23(18-22(21)12-15-37)27-17-20(2)38-35-27/h5-10,17-18H,4,11-16H2,1-3H3. The molecule has 200 valence electrons. The van der Waals surface area contributed by atoms with Crippen LogP contribution < -0.4 is 0 Å². The zero-order chi connectivity index (χ0) is 26.9. The van der Waals surface area contributed by atoms with Gasteiger partial charge in [-0.1, -0.05) is 46.7 Å². The Morgan fingerprint density at radius 1 is 0.974 bits per heavy atom. The van der Waals surface area contributed by atoms with E-state index in [-0.39, 0.29) is 0 Å². The maximum absolute atomic E-state index is 6.43. The van der Waals surface area contributed by atoms with Crippen LogP contribution in [0.3, 0.4) is 0 Å². The van der Waals surface area contributed by atoms with E-state index in [9.17, 15) is 0 Å². The molecule has 4 heterocycles. The molecule has 9 heteroatoms. The van der Waals surface area contributed by atoms with Crippen molar-refractivity contribution >= 4 is 34.3 Å². The summed E-state index contributed by atoms with van der Waals surface area (Å²) in [5.41, 5.74) is 7.66. The quantitative estimate of drug-likeness (QED) is 0.166. The molecule has 0 amide bonds. The first-order valence-corrected chi connectivity index (χ1v) is 14.7. The lowest BCUT2D eigenvalue weighted by Gasteiger charge is -2.19. The molecule has 1 aliphatic heterocycles. The SMILES string of the molecule is Cc1ccc2c(-c3nnc(SCCCN4CCc5ccc(-c6cc(C)on6)cc5CC4)n3C)ccc(Cl)c2n1. The first-order chi connectivity index (χ1) is 19.0. The number of fused-ring (bicyclic) bond motifs is 2. The topological polar surface area (TPSA) is 72.9 Å². The van der Waals surface area contributed by atoms with Crippen LogP contribution in [0.25, 0.3) is 33.5 Å². The van der Waals surface area contributed by atoms with Crippen molar-refractivity contribution in [3.05, 3.63) is 76.1 Å². The molecule has 0 unspecified atom stereocenters. The summed E-state index contributed by atoms with van der Waals surface area (Å²) in [6.07, 6.45) is 3.24. The highest BCUT2D eigenvalue weighted by atomic mass is 35.5. The Morgan fingerprint density at radius 3 is 2.64 bits per heavy atom. The highest BCUT2D eigenvalue weighted by Gasteiger charge is 2.18. The number of benzene rings is 2. The molecule has 5 aromatic rings. The van der Waals surface area contributed by atoms with Gasteiger partial charge in [0.2, 0.25) is 0 Å². The highest BCUT2D eigenvalue weighted by Crippen LogP contribution is 2.33. The molecule has 0 fully saturated rings. The van der Waals surface area contributed by atoms with Gasteiger partial charge in [-0.25, -0.2) is 0 Å². The summed E-state index contributed by atoms with van der Waals surface area (Å²) in [5, 5.41) is 15.8. The number of aromatic nitrogens is 5. The van der Waals surface area contributed by atoms with Crippen LogP contribution >= 0.6 is 23.4 Å². The number of hydrogen-bond acceptors (Lipinski definition) is 7. The minimum atomic E-state index is 0.649. The van der Waals surface area contributed by atoms with Crippen LogP contribution in [0.2, 0.25) is 5.02 Å². The average molecular weight is 559 g/mol. The summed E-state index contributed by atoms with van der Waals surface area (Å²) >= 11 is 8.19. The molecule has 0 N–H and O–H groups in total. The molecular formula is C30H31ClN6OS. The van der Waals surface area contributed by atoms with Crippen molar-refractivity contribution in [3.8, 4) is 22.6 Å². The Balaban J connectivity index is 1.05. The average Bonchev–Trinajstić information content (AvgIpc) is 3.47. The summed E-state index contributed by atoms with van der Waals surface area (Å²) in [5.74, 6) is 2.66. The molecule has 0 saturated heterocycles. The van der Waals surface area contributed by atoms with E-state index in [1.54, 1.807) is 11.8 Å². The van der Waals surface area contributed by atoms with E-state index in [1.807, 2.05) is 45.2 Å². The van der Waals surface area contributed by atoms with E-state index in [2.05, 4.69) is 54.1 Å². The van der Waals surface area contributed by atoms with Gasteiger partial charge in [-0.3, -0.25) is 4.98 Å². The largest absolute Gasteiger partial charge is 0.361 e. The molecule has 6 rings (SSSR count). The first kappa shape index (κ1) is 26.0. The Labute approximate surface area is 237 Å². The zero-order valence-electron chi connectivity index (χ0n) is 22.4. The van der Waals surface area contributed by atoms with Crippen LogP contribution in [-0.2, 0) is 19.9 Å². The number of halogens is 1. The Bertz CT molecular complexity index is 1640. The van der Waals surface area contributed by atoms with E-state index >= 15 is 0 Å². The second-order valence-corrected chi connectivity index (χ2v) is 11.6. The Morgan fingerprint density at radius 2 is 1.82 bits per heavy atom. The van der Waals surface area contributed by atoms with Crippen LogP contribution in [-0.4, -0.2) is 55.2 Å². The second kappa shape index (κ2) is 11.1. The summed E-state index contributed by atoms with van der Waals surface area (Å²) in [7, 11) is 2.03. The van der Waals surface area contributed by atoms with Crippen LogP contribution in [0.1, 0.15) is 29.0 Å². The van der Waals surface area contributed by atoms with E-state index in [4.69, 9.17) is 16.1 Å².